The first-order chi connectivity index (χ1) is 26.9. The summed E-state index contributed by atoms with van der Waals surface area (Å²) in [4.78, 5) is 77.0. The van der Waals surface area contributed by atoms with Crippen molar-refractivity contribution in [2.45, 2.75) is 118 Å². The SMILES string of the molecule is CC(C)=CCCC(C)C1CCC2C3CC(OC(=O)c4ccc5c(c4)C(=O)OC5=O)C4C(C)(C)C(OC(=O)c5ccc6c(c5)C(=O)OC6=O)CCC4(C)C3CCC12C. The van der Waals surface area contributed by atoms with Crippen LogP contribution >= 0.6 is 0 Å². The van der Waals surface area contributed by atoms with Gasteiger partial charge in [0, 0.05) is 11.3 Å². The van der Waals surface area contributed by atoms with Crippen LogP contribution < -0.4 is 0 Å². The molecule has 0 radical (unpaired) electrons. The smallest absolute Gasteiger partial charge is 0.346 e. The molecule has 2 heterocycles. The van der Waals surface area contributed by atoms with Gasteiger partial charge >= 0.3 is 35.8 Å². The van der Waals surface area contributed by atoms with Crippen LogP contribution in [0.4, 0.5) is 0 Å². The molecule has 10 heteroatoms. The van der Waals surface area contributed by atoms with E-state index in [1.165, 1.54) is 54.8 Å². The van der Waals surface area contributed by atoms with Gasteiger partial charge < -0.3 is 18.9 Å². The Bertz CT molecular complexity index is 2110. The molecule has 4 aliphatic carbocycles. The van der Waals surface area contributed by atoms with E-state index in [-0.39, 0.29) is 50.1 Å². The molecule has 2 aromatic rings. The Morgan fingerprint density at radius 1 is 0.737 bits per heavy atom. The number of fused-ring (bicyclic) bond motifs is 7. The van der Waals surface area contributed by atoms with Crippen LogP contribution in [0, 0.1) is 51.8 Å². The number of hydrogen-bond acceptors (Lipinski definition) is 10. The summed E-state index contributed by atoms with van der Waals surface area (Å²) in [5.74, 6) is -1.94. The van der Waals surface area contributed by atoms with E-state index in [1.54, 1.807) is 0 Å². The zero-order valence-corrected chi connectivity index (χ0v) is 34.1. The second-order valence-corrected chi connectivity index (χ2v) is 19.2. The maximum absolute atomic E-state index is 14.2. The molecule has 10 unspecified atom stereocenters. The van der Waals surface area contributed by atoms with Crippen molar-refractivity contribution in [3.63, 3.8) is 0 Å². The van der Waals surface area contributed by atoms with Crippen molar-refractivity contribution in [3.05, 3.63) is 81.4 Å². The summed E-state index contributed by atoms with van der Waals surface area (Å²) < 4.78 is 22.5. The van der Waals surface area contributed by atoms with Gasteiger partial charge in [-0.1, -0.05) is 46.3 Å². The molecule has 10 atom stereocenters. The number of carbonyl (C=O) groups excluding carboxylic acids is 6. The topological polar surface area (TPSA) is 139 Å². The fourth-order valence-electron chi connectivity index (χ4n) is 13.1. The van der Waals surface area contributed by atoms with E-state index < -0.39 is 53.4 Å². The summed E-state index contributed by atoms with van der Waals surface area (Å²) in [7, 11) is 0. The average Bonchev–Trinajstić information content (AvgIpc) is 3.76. The highest BCUT2D eigenvalue weighted by molar-refractivity contribution is 6.16. The summed E-state index contributed by atoms with van der Waals surface area (Å²) in [5, 5.41) is 0. The van der Waals surface area contributed by atoms with Gasteiger partial charge in [0.2, 0.25) is 0 Å². The molecule has 6 aliphatic rings. The Morgan fingerprint density at radius 3 is 1.88 bits per heavy atom. The minimum atomic E-state index is -0.790. The van der Waals surface area contributed by atoms with Crippen LogP contribution in [0.15, 0.2) is 48.0 Å². The van der Waals surface area contributed by atoms with Crippen molar-refractivity contribution < 1.29 is 47.7 Å². The Labute approximate surface area is 334 Å². The van der Waals surface area contributed by atoms with Crippen LogP contribution in [-0.2, 0) is 18.9 Å². The van der Waals surface area contributed by atoms with Crippen LogP contribution in [0.1, 0.15) is 168 Å². The average molecular weight is 779 g/mol. The van der Waals surface area contributed by atoms with Gasteiger partial charge in [-0.15, -0.1) is 0 Å². The highest BCUT2D eigenvalue weighted by atomic mass is 16.6. The van der Waals surface area contributed by atoms with Crippen molar-refractivity contribution in [3.8, 4) is 0 Å². The molecule has 2 aliphatic heterocycles. The Kier molecular flexibility index (Phi) is 9.67. The summed E-state index contributed by atoms with van der Waals surface area (Å²) in [6.07, 6.45) is 10.3. The first kappa shape index (κ1) is 39.2. The van der Waals surface area contributed by atoms with Gasteiger partial charge in [-0.25, -0.2) is 28.8 Å². The second-order valence-electron chi connectivity index (χ2n) is 19.2. The molecule has 8 rings (SSSR count). The second kappa shape index (κ2) is 14.0. The lowest BCUT2D eigenvalue weighted by Gasteiger charge is -2.66. The highest BCUT2D eigenvalue weighted by Crippen LogP contribution is 2.71. The summed E-state index contributed by atoms with van der Waals surface area (Å²) >= 11 is 0. The van der Waals surface area contributed by atoms with E-state index in [0.717, 1.165) is 32.1 Å². The Morgan fingerprint density at radius 2 is 1.28 bits per heavy atom. The number of carbonyl (C=O) groups is 6. The molecule has 10 nitrogen and oxygen atoms in total. The molecular formula is C47H54O10. The standard InChI is InChI=1S/C47H54O10/c1-24(2)9-8-10-25(3)33-15-16-34-32-23-36(54-39(48)26-11-13-28-30(21-26)43(52)56-41(28)50)38-45(4,5)37(18-20-47(38,7)35(32)17-19-46(33,34)6)55-40(49)27-12-14-29-31(22-27)44(53)57-42(29)51/h9,11-14,21-22,25,32-38H,8,10,15-20,23H2,1-7H3. The van der Waals surface area contributed by atoms with Crippen molar-refractivity contribution in [1.29, 1.82) is 0 Å². The molecule has 0 aromatic heterocycles. The number of cyclic esters (lactones) is 4. The molecular weight excluding hydrogens is 725 g/mol. The zero-order chi connectivity index (χ0) is 40.8. The van der Waals surface area contributed by atoms with Gasteiger partial charge in [-0.05, 0) is 148 Å². The molecule has 4 saturated carbocycles. The normalized spacial score (nSPS) is 33.8. The van der Waals surface area contributed by atoms with Crippen molar-refractivity contribution in [2.24, 2.45) is 51.8 Å². The minimum absolute atomic E-state index is 0.0418. The summed E-state index contributed by atoms with van der Waals surface area (Å²) in [5.41, 5.74) is 1.34. The first-order valence-electron chi connectivity index (χ1n) is 20.8. The Hall–Kier alpha value is -4.60. The van der Waals surface area contributed by atoms with Gasteiger partial charge in [-0.2, -0.15) is 0 Å². The van der Waals surface area contributed by atoms with Crippen LogP contribution in [0.25, 0.3) is 0 Å². The number of benzene rings is 2. The molecule has 302 valence electrons. The third-order valence-electron chi connectivity index (χ3n) is 15.7. The van der Waals surface area contributed by atoms with Crippen LogP contribution in [-0.4, -0.2) is 48.0 Å². The van der Waals surface area contributed by atoms with Gasteiger partial charge in [0.05, 0.1) is 33.4 Å². The van der Waals surface area contributed by atoms with Gasteiger partial charge in [-0.3, -0.25) is 0 Å². The van der Waals surface area contributed by atoms with Gasteiger partial charge in [0.25, 0.3) is 0 Å². The van der Waals surface area contributed by atoms with E-state index in [4.69, 9.17) is 18.9 Å². The molecule has 0 bridgehead atoms. The number of esters is 6. The van der Waals surface area contributed by atoms with E-state index in [1.807, 2.05) is 0 Å². The van der Waals surface area contributed by atoms with E-state index in [9.17, 15) is 28.8 Å². The number of hydrogen-bond donors (Lipinski definition) is 0. The molecule has 0 spiro atoms. The van der Waals surface area contributed by atoms with Crippen molar-refractivity contribution in [2.75, 3.05) is 0 Å². The number of allylic oxidation sites excluding steroid dienone is 2. The quantitative estimate of drug-likeness (QED) is 0.110. The summed E-state index contributed by atoms with van der Waals surface area (Å²) in [6.45, 7) is 15.9. The van der Waals surface area contributed by atoms with E-state index in [2.05, 4.69) is 54.5 Å². The minimum Gasteiger partial charge on any atom is -0.458 e. The third kappa shape index (κ3) is 6.36. The van der Waals surface area contributed by atoms with E-state index in [0.29, 0.717) is 42.4 Å². The van der Waals surface area contributed by atoms with Crippen LogP contribution in [0.5, 0.6) is 0 Å². The molecule has 0 saturated heterocycles. The lowest BCUT2D eigenvalue weighted by atomic mass is 9.40. The predicted molar refractivity (Wildman–Crippen MR) is 208 cm³/mol. The van der Waals surface area contributed by atoms with Gasteiger partial charge in [0.15, 0.2) is 0 Å². The predicted octanol–water partition coefficient (Wildman–Crippen LogP) is 9.35. The van der Waals surface area contributed by atoms with Crippen molar-refractivity contribution >= 4 is 35.8 Å². The lowest BCUT2D eigenvalue weighted by molar-refractivity contribution is -0.219. The van der Waals surface area contributed by atoms with Crippen LogP contribution in [0.3, 0.4) is 0 Å². The largest absolute Gasteiger partial charge is 0.458 e. The Balaban J connectivity index is 1.10. The lowest BCUT2D eigenvalue weighted by Crippen LogP contribution is -2.64. The monoisotopic (exact) mass is 778 g/mol. The number of ether oxygens (including phenoxy) is 4. The molecule has 0 N–H and O–H groups in total. The highest BCUT2D eigenvalue weighted by Gasteiger charge is 2.67. The first-order valence-corrected chi connectivity index (χ1v) is 20.8. The third-order valence-corrected chi connectivity index (χ3v) is 15.7. The molecule has 57 heavy (non-hydrogen) atoms. The maximum atomic E-state index is 14.2. The van der Waals surface area contributed by atoms with Gasteiger partial charge in [0.1, 0.15) is 12.2 Å². The summed E-state index contributed by atoms with van der Waals surface area (Å²) in [6, 6.07) is 8.60. The maximum Gasteiger partial charge on any atom is 0.346 e. The fourth-order valence-corrected chi connectivity index (χ4v) is 13.1. The van der Waals surface area contributed by atoms with E-state index >= 15 is 0 Å². The molecule has 0 amide bonds. The van der Waals surface area contributed by atoms with Crippen LogP contribution in [0.2, 0.25) is 0 Å². The zero-order valence-electron chi connectivity index (χ0n) is 34.1. The number of rotatable bonds is 8. The molecule has 4 fully saturated rings. The fraction of sp³-hybridized carbons (Fsp3) is 0.574. The van der Waals surface area contributed by atoms with Crippen molar-refractivity contribution in [1.82, 2.24) is 0 Å². The molecule has 2 aromatic carbocycles.